The van der Waals surface area contributed by atoms with Gasteiger partial charge in [-0.1, -0.05) is 410 Å². The molecule has 20 aromatic rings. The minimum Gasteiger partial charge on any atom is -0.0616 e. The van der Waals surface area contributed by atoms with Gasteiger partial charge in [0.15, 0.2) is 0 Å². The summed E-state index contributed by atoms with van der Waals surface area (Å²) in [5, 5.41) is 27.0. The predicted octanol–water partition coefficient (Wildman–Crippen LogP) is 34.6. The zero-order valence-electron chi connectivity index (χ0n) is 73.8. The lowest BCUT2D eigenvalue weighted by atomic mass is 9.84. The van der Waals surface area contributed by atoms with E-state index in [4.69, 9.17) is 0 Å². The Labute approximate surface area is 712 Å². The van der Waals surface area contributed by atoms with E-state index in [2.05, 4.69) is 465 Å². The molecule has 20 aromatic carbocycles. The molecule has 0 nitrogen and oxygen atoms in total. The first-order chi connectivity index (χ1) is 57.7. The van der Waals surface area contributed by atoms with Crippen LogP contribution in [0, 0.1) is 111 Å². The van der Waals surface area contributed by atoms with E-state index in [1.54, 1.807) is 0 Å². The van der Waals surface area contributed by atoms with Crippen molar-refractivity contribution in [1.82, 2.24) is 0 Å². The van der Waals surface area contributed by atoms with Gasteiger partial charge in [-0.3, -0.25) is 0 Å². The molecular formula is C120H112. The van der Waals surface area contributed by atoms with Crippen LogP contribution in [0.2, 0.25) is 0 Å². The van der Waals surface area contributed by atoms with Crippen molar-refractivity contribution in [2.45, 2.75) is 137 Å². The van der Waals surface area contributed by atoms with Gasteiger partial charge in [0.25, 0.3) is 0 Å². The van der Waals surface area contributed by atoms with Gasteiger partial charge in [0.1, 0.15) is 0 Å². The van der Waals surface area contributed by atoms with E-state index in [0.29, 0.717) is 0 Å². The second kappa shape index (κ2) is 34.9. The van der Waals surface area contributed by atoms with Gasteiger partial charge in [0, 0.05) is 0 Å². The van der Waals surface area contributed by atoms with E-state index in [-0.39, 0.29) is 5.41 Å². The lowest BCUT2D eigenvalue weighted by Gasteiger charge is -2.21. The molecule has 0 aliphatic heterocycles. The summed E-state index contributed by atoms with van der Waals surface area (Å²) < 4.78 is 0. The van der Waals surface area contributed by atoms with Crippen LogP contribution in [0.25, 0.3) is 152 Å². The van der Waals surface area contributed by atoms with Crippen molar-refractivity contribution in [1.29, 1.82) is 0 Å². The van der Waals surface area contributed by atoms with E-state index in [1.807, 2.05) is 0 Å². The third kappa shape index (κ3) is 17.2. The molecule has 0 heteroatoms. The minimum absolute atomic E-state index is 0.195. The van der Waals surface area contributed by atoms with Crippen LogP contribution in [-0.2, 0) is 5.41 Å². The first kappa shape index (κ1) is 82.1. The predicted molar refractivity (Wildman–Crippen MR) is 530 cm³/mol. The number of aryl methyl sites for hydroxylation is 16. The maximum atomic E-state index is 2.38. The first-order valence-electron chi connectivity index (χ1n) is 42.7. The Balaban J connectivity index is 0.000000116. The zero-order valence-corrected chi connectivity index (χ0v) is 73.8. The fourth-order valence-electron chi connectivity index (χ4n) is 18.0. The Bertz CT molecular complexity index is 6770. The first-order valence-corrected chi connectivity index (χ1v) is 42.7. The fraction of sp³-hybridized carbons (Fsp3) is 0.167. The molecule has 0 amide bonds. The van der Waals surface area contributed by atoms with Gasteiger partial charge in [-0.25, -0.2) is 0 Å². The molecule has 0 saturated heterocycles. The summed E-state index contributed by atoms with van der Waals surface area (Å²) in [6, 6.07) is 122. The highest BCUT2D eigenvalue weighted by atomic mass is 14.2. The van der Waals surface area contributed by atoms with Gasteiger partial charge in [0.05, 0.1) is 0 Å². The molecule has 592 valence electrons. The molecule has 0 aromatic heterocycles. The third-order valence-electron chi connectivity index (χ3n) is 24.5. The summed E-state index contributed by atoms with van der Waals surface area (Å²) in [5.74, 6) is 0. The molecule has 0 atom stereocenters. The van der Waals surface area contributed by atoms with Crippen LogP contribution < -0.4 is 0 Å². The van der Waals surface area contributed by atoms with Crippen molar-refractivity contribution in [2.24, 2.45) is 0 Å². The minimum atomic E-state index is 0.195. The Hall–Kier alpha value is -13.0. The number of rotatable bonds is 4. The molecule has 0 spiro atoms. The number of hydrogen-bond donors (Lipinski definition) is 0. The van der Waals surface area contributed by atoms with E-state index in [1.165, 1.54) is 247 Å². The maximum Gasteiger partial charge on any atom is -0.00263 e. The van der Waals surface area contributed by atoms with Crippen molar-refractivity contribution in [3.05, 3.63) is 428 Å². The van der Waals surface area contributed by atoms with Crippen molar-refractivity contribution < 1.29 is 0 Å². The molecule has 0 unspecified atom stereocenters. The van der Waals surface area contributed by atoms with Crippen LogP contribution in [-0.4, -0.2) is 0 Å². The van der Waals surface area contributed by atoms with Crippen LogP contribution in [0.3, 0.4) is 0 Å². The van der Waals surface area contributed by atoms with E-state index in [9.17, 15) is 0 Å². The van der Waals surface area contributed by atoms with E-state index < -0.39 is 0 Å². The lowest BCUT2D eigenvalue weighted by molar-refractivity contribution is 0.591. The molecule has 0 fully saturated rings. The molecule has 0 aliphatic rings. The third-order valence-corrected chi connectivity index (χ3v) is 24.5. The Kier molecular flexibility index (Phi) is 23.9. The molecular weight excluding hydrogens is 1440 g/mol. The van der Waals surface area contributed by atoms with Crippen molar-refractivity contribution in [3.63, 3.8) is 0 Å². The SMILES string of the molecule is Cc1c2ccccc2c(C)c2cc(C(C)(C)C)ccc12.Cc1c2ccccc2c(C)c2ccccc12.Cc1cc(C)c2cc(C)cc(C)c2c1.Cc1ccc(-c2c3ccc(C)cc3c(-c3ccc(C)cc3)c3ccc(C)cc23)cc1.Cc1ccc(-c2c3ccccc3c(-c3ccc(C)cc3)c3ccccc23)cc1.Cc1ccc2ccc(C)cc2c1. The van der Waals surface area contributed by atoms with Gasteiger partial charge in [-0.05, 0) is 307 Å². The van der Waals surface area contributed by atoms with E-state index in [0.717, 1.165) is 0 Å². The average molecular weight is 1550 g/mol. The number of fused-ring (bicyclic) bond motifs is 10. The van der Waals surface area contributed by atoms with Gasteiger partial charge in [-0.15, -0.1) is 0 Å². The fourth-order valence-corrected chi connectivity index (χ4v) is 18.0. The van der Waals surface area contributed by atoms with Crippen molar-refractivity contribution in [2.75, 3.05) is 0 Å². The molecule has 0 heterocycles. The maximum absolute atomic E-state index is 2.38. The largest absolute Gasteiger partial charge is 0.0616 e. The Morgan fingerprint density at radius 2 is 0.375 bits per heavy atom. The zero-order chi connectivity index (χ0) is 84.4. The quantitative estimate of drug-likeness (QED) is 0.154. The molecule has 0 saturated carbocycles. The van der Waals surface area contributed by atoms with Crippen LogP contribution >= 0.6 is 0 Å². The average Bonchev–Trinajstić information content (AvgIpc) is 0.732. The highest BCUT2D eigenvalue weighted by Gasteiger charge is 2.21. The molecule has 0 aliphatic carbocycles. The summed E-state index contributed by atoms with van der Waals surface area (Å²) in [5.41, 5.74) is 33.4. The smallest absolute Gasteiger partial charge is 0.00263 e. The van der Waals surface area contributed by atoms with Crippen molar-refractivity contribution >= 4 is 108 Å². The van der Waals surface area contributed by atoms with Crippen LogP contribution in [0.1, 0.15) is 115 Å². The summed E-state index contributed by atoms with van der Waals surface area (Å²) in [4.78, 5) is 0. The molecule has 120 heavy (non-hydrogen) atoms. The number of hydrogen-bond acceptors (Lipinski definition) is 0. The standard InChI is InChI=1S/C30H26.C28H22.C20H22.C16H14.C14H16.C12H12/c1-19-5-11-23(12-6-19)29-25-15-9-22(4)18-28(25)30(24-13-7-20(2)8-14-24)26-16-10-21(3)17-27(26)29;1-19-11-15-21(16-12-19)27-23-7-3-5-9-25(23)28(22-17-13-20(2)14-18-22)26-10-6-4-8-24(26)27;1-13-16-8-6-7-9-17(16)14(2)19-12-15(20(3,4)5)10-11-18(13)19;1-11-13-7-3-5-9-15(13)12(2)16-10-6-4-8-14(11)16;1-9-5-11(3)14-8-10(2)6-12(4)13(14)7-9;1-9-3-5-11-6-4-10(2)8-12(11)7-9/h5-18H,1-4H3;3-18H,1-2H3;6-12H,1-5H3;3-10H,1-2H3;5-8H,1-4H3;3-8H,1-2H3. The second-order valence-corrected chi connectivity index (χ2v) is 34.9. The molecule has 0 bridgehead atoms. The Morgan fingerprint density at radius 1 is 0.150 bits per heavy atom. The Morgan fingerprint density at radius 3 is 0.675 bits per heavy atom. The molecule has 20 rings (SSSR count). The van der Waals surface area contributed by atoms with Crippen LogP contribution in [0.15, 0.2) is 334 Å². The second-order valence-electron chi connectivity index (χ2n) is 34.9. The van der Waals surface area contributed by atoms with E-state index >= 15 is 0 Å². The van der Waals surface area contributed by atoms with Gasteiger partial charge in [-0.2, -0.15) is 0 Å². The number of benzene rings is 20. The highest BCUT2D eigenvalue weighted by molar-refractivity contribution is 6.23. The normalized spacial score (nSPS) is 11.3. The van der Waals surface area contributed by atoms with Gasteiger partial charge >= 0.3 is 0 Å². The van der Waals surface area contributed by atoms with Crippen molar-refractivity contribution in [3.8, 4) is 44.5 Å². The molecule has 0 N–H and O–H groups in total. The molecule has 0 radical (unpaired) electrons. The van der Waals surface area contributed by atoms with Gasteiger partial charge < -0.3 is 0 Å². The monoisotopic (exact) mass is 1550 g/mol. The summed E-state index contributed by atoms with van der Waals surface area (Å²) in [6.45, 7) is 41.6. The summed E-state index contributed by atoms with van der Waals surface area (Å²) in [6.07, 6.45) is 0. The van der Waals surface area contributed by atoms with Gasteiger partial charge in [0.2, 0.25) is 0 Å². The lowest BCUT2D eigenvalue weighted by Crippen LogP contribution is -2.10. The topological polar surface area (TPSA) is 0 Å². The summed E-state index contributed by atoms with van der Waals surface area (Å²) >= 11 is 0. The van der Waals surface area contributed by atoms with Crippen LogP contribution in [0.4, 0.5) is 0 Å². The summed E-state index contributed by atoms with van der Waals surface area (Å²) in [7, 11) is 0. The van der Waals surface area contributed by atoms with Crippen LogP contribution in [0.5, 0.6) is 0 Å². The highest BCUT2D eigenvalue weighted by Crippen LogP contribution is 2.47.